The molecule has 2 bridgehead atoms. The number of hydrogen-bond donors (Lipinski definition) is 1. The molecule has 3 rings (SSSR count). The van der Waals surface area contributed by atoms with Crippen molar-refractivity contribution < 1.29 is 4.39 Å². The van der Waals surface area contributed by atoms with Gasteiger partial charge in [0.2, 0.25) is 0 Å². The van der Waals surface area contributed by atoms with Crippen molar-refractivity contribution in [2.75, 3.05) is 0 Å². The van der Waals surface area contributed by atoms with E-state index in [1.165, 1.54) is 0 Å². The lowest BCUT2D eigenvalue weighted by Crippen LogP contribution is -2.44. The summed E-state index contributed by atoms with van der Waals surface area (Å²) in [7, 11) is 0. The van der Waals surface area contributed by atoms with E-state index >= 15 is 0 Å². The van der Waals surface area contributed by atoms with E-state index in [1.807, 2.05) is 30.3 Å². The molecule has 0 radical (unpaired) electrons. The molecule has 2 aliphatic rings. The van der Waals surface area contributed by atoms with Crippen molar-refractivity contribution in [2.45, 2.75) is 43.4 Å². The fourth-order valence-corrected chi connectivity index (χ4v) is 3.06. The van der Waals surface area contributed by atoms with Crippen molar-refractivity contribution in [3.8, 4) is 0 Å². The Bertz CT molecular complexity index is 342. The summed E-state index contributed by atoms with van der Waals surface area (Å²) in [6, 6.07) is 10.4. The minimum absolute atomic E-state index is 0. The Morgan fingerprint density at radius 1 is 1.06 bits per heavy atom. The molecule has 1 N–H and O–H groups in total. The van der Waals surface area contributed by atoms with Gasteiger partial charge in [-0.2, -0.15) is 0 Å². The molecule has 2 fully saturated rings. The molecule has 1 aromatic rings. The molecule has 1 aromatic carbocycles. The zero-order valence-corrected chi connectivity index (χ0v) is 9.97. The lowest BCUT2D eigenvalue weighted by molar-refractivity contribution is 0.0874. The van der Waals surface area contributed by atoms with Crippen LogP contribution >= 0.6 is 12.4 Å². The molecule has 1 nitrogen and oxygen atoms in total. The van der Waals surface area contributed by atoms with Crippen LogP contribution in [0.15, 0.2) is 30.3 Å². The zero-order chi connectivity index (χ0) is 10.3. The molecule has 2 heterocycles. The van der Waals surface area contributed by atoms with Gasteiger partial charge in [-0.3, -0.25) is 0 Å². The molecule has 0 saturated carbocycles. The topological polar surface area (TPSA) is 12.0 Å². The molecule has 0 spiro atoms. The van der Waals surface area contributed by atoms with E-state index in [-0.39, 0.29) is 12.4 Å². The zero-order valence-electron chi connectivity index (χ0n) is 9.16. The Kier molecular flexibility index (Phi) is 3.22. The fourth-order valence-electron chi connectivity index (χ4n) is 3.06. The van der Waals surface area contributed by atoms with Gasteiger partial charge in [-0.25, -0.2) is 4.39 Å². The Hall–Kier alpha value is -0.600. The standard InChI is InChI=1S/C13H16FN.ClH/c14-13(10-4-2-1-3-5-10)8-11-6-7-12(9-13)15-11;/h1-5,11-12,15H,6-9H2;1H. The fraction of sp³-hybridized carbons (Fsp3) is 0.538. The number of halogens is 2. The minimum Gasteiger partial charge on any atom is -0.311 e. The van der Waals surface area contributed by atoms with E-state index in [9.17, 15) is 4.39 Å². The molecule has 2 atom stereocenters. The first-order chi connectivity index (χ1) is 7.26. The van der Waals surface area contributed by atoms with Crippen LogP contribution in [0.4, 0.5) is 4.39 Å². The first-order valence-electron chi connectivity index (χ1n) is 5.77. The van der Waals surface area contributed by atoms with Gasteiger partial charge < -0.3 is 5.32 Å². The van der Waals surface area contributed by atoms with Crippen LogP contribution in [0.25, 0.3) is 0 Å². The molecule has 88 valence electrons. The summed E-state index contributed by atoms with van der Waals surface area (Å²) in [5.41, 5.74) is -0.221. The van der Waals surface area contributed by atoms with Crippen LogP contribution in [-0.2, 0) is 5.67 Å². The van der Waals surface area contributed by atoms with Gasteiger partial charge in [0.25, 0.3) is 0 Å². The Labute approximate surface area is 102 Å². The number of alkyl halides is 1. The largest absolute Gasteiger partial charge is 0.311 e. The summed E-state index contributed by atoms with van der Waals surface area (Å²) in [5.74, 6) is 0. The lowest BCUT2D eigenvalue weighted by Gasteiger charge is -2.35. The first-order valence-corrected chi connectivity index (χ1v) is 5.77. The molecule has 0 amide bonds. The number of fused-ring (bicyclic) bond motifs is 2. The smallest absolute Gasteiger partial charge is 0.139 e. The van der Waals surface area contributed by atoms with Gasteiger partial charge in [0, 0.05) is 24.9 Å². The quantitative estimate of drug-likeness (QED) is 0.796. The van der Waals surface area contributed by atoms with Crippen LogP contribution in [-0.4, -0.2) is 12.1 Å². The van der Waals surface area contributed by atoms with Crippen molar-refractivity contribution in [2.24, 2.45) is 0 Å². The normalized spacial score (nSPS) is 36.8. The van der Waals surface area contributed by atoms with Gasteiger partial charge >= 0.3 is 0 Å². The van der Waals surface area contributed by atoms with E-state index in [0.29, 0.717) is 24.9 Å². The van der Waals surface area contributed by atoms with E-state index in [2.05, 4.69) is 5.32 Å². The molecule has 3 heteroatoms. The van der Waals surface area contributed by atoms with Crippen LogP contribution in [0, 0.1) is 0 Å². The predicted molar refractivity (Wildman–Crippen MR) is 65.7 cm³/mol. The first kappa shape index (κ1) is 11.9. The van der Waals surface area contributed by atoms with Crippen LogP contribution in [0.2, 0.25) is 0 Å². The summed E-state index contributed by atoms with van der Waals surface area (Å²) in [5, 5.41) is 3.48. The number of benzene rings is 1. The molecule has 2 aliphatic heterocycles. The van der Waals surface area contributed by atoms with Gasteiger partial charge in [-0.15, -0.1) is 12.4 Å². The number of rotatable bonds is 1. The summed E-state index contributed by atoms with van der Waals surface area (Å²) in [6.45, 7) is 0. The van der Waals surface area contributed by atoms with Crippen LogP contribution in [0.3, 0.4) is 0 Å². The Morgan fingerprint density at radius 2 is 1.62 bits per heavy atom. The second-order valence-electron chi connectivity index (χ2n) is 4.88. The average Bonchev–Trinajstić information content (AvgIpc) is 2.60. The highest BCUT2D eigenvalue weighted by atomic mass is 35.5. The Balaban J connectivity index is 0.000000963. The molecule has 2 unspecified atom stereocenters. The van der Waals surface area contributed by atoms with Gasteiger partial charge in [0.15, 0.2) is 0 Å². The minimum atomic E-state index is -1.08. The highest BCUT2D eigenvalue weighted by molar-refractivity contribution is 5.85. The SMILES string of the molecule is Cl.FC1(c2ccccc2)CC2CCC(C1)N2. The van der Waals surface area contributed by atoms with E-state index in [0.717, 1.165) is 18.4 Å². The van der Waals surface area contributed by atoms with E-state index in [1.54, 1.807) is 0 Å². The van der Waals surface area contributed by atoms with Crippen molar-refractivity contribution >= 4 is 12.4 Å². The monoisotopic (exact) mass is 241 g/mol. The highest BCUT2D eigenvalue weighted by Crippen LogP contribution is 2.43. The molecule has 0 aromatic heterocycles. The van der Waals surface area contributed by atoms with Gasteiger partial charge in [0.05, 0.1) is 0 Å². The molecular formula is C13H17ClFN. The van der Waals surface area contributed by atoms with Crippen LogP contribution in [0.5, 0.6) is 0 Å². The van der Waals surface area contributed by atoms with E-state index in [4.69, 9.17) is 0 Å². The van der Waals surface area contributed by atoms with Crippen LogP contribution in [0.1, 0.15) is 31.2 Å². The summed E-state index contributed by atoms with van der Waals surface area (Å²) >= 11 is 0. The Morgan fingerprint density at radius 3 is 2.19 bits per heavy atom. The maximum Gasteiger partial charge on any atom is 0.139 e. The maximum atomic E-state index is 14.8. The maximum absolute atomic E-state index is 14.8. The van der Waals surface area contributed by atoms with Gasteiger partial charge in [0.1, 0.15) is 5.67 Å². The number of nitrogens with one attached hydrogen (secondary N) is 1. The van der Waals surface area contributed by atoms with Crippen LogP contribution < -0.4 is 5.32 Å². The third kappa shape index (κ3) is 1.96. The number of hydrogen-bond acceptors (Lipinski definition) is 1. The molecular weight excluding hydrogens is 225 g/mol. The molecule has 16 heavy (non-hydrogen) atoms. The van der Waals surface area contributed by atoms with Crippen molar-refractivity contribution in [3.63, 3.8) is 0 Å². The summed E-state index contributed by atoms with van der Waals surface area (Å²) in [4.78, 5) is 0. The second kappa shape index (κ2) is 4.34. The lowest BCUT2D eigenvalue weighted by atomic mass is 9.83. The molecule has 2 saturated heterocycles. The third-order valence-electron chi connectivity index (χ3n) is 3.77. The van der Waals surface area contributed by atoms with E-state index < -0.39 is 5.67 Å². The summed E-state index contributed by atoms with van der Waals surface area (Å²) < 4.78 is 14.8. The second-order valence-corrected chi connectivity index (χ2v) is 4.88. The van der Waals surface area contributed by atoms with Gasteiger partial charge in [-0.05, 0) is 18.4 Å². The third-order valence-corrected chi connectivity index (χ3v) is 3.77. The summed E-state index contributed by atoms with van der Waals surface area (Å²) in [6.07, 6.45) is 3.58. The highest BCUT2D eigenvalue weighted by Gasteiger charge is 2.44. The van der Waals surface area contributed by atoms with Crippen molar-refractivity contribution in [3.05, 3.63) is 35.9 Å². The molecule has 0 aliphatic carbocycles. The predicted octanol–water partition coefficient (Wildman–Crippen LogP) is 3.19. The van der Waals surface area contributed by atoms with Crippen molar-refractivity contribution in [1.82, 2.24) is 5.32 Å². The number of piperidine rings is 1. The van der Waals surface area contributed by atoms with Crippen molar-refractivity contribution in [1.29, 1.82) is 0 Å². The van der Waals surface area contributed by atoms with Gasteiger partial charge in [-0.1, -0.05) is 30.3 Å². The average molecular weight is 242 g/mol.